The molecular formula is C14H19NO2. The van der Waals surface area contributed by atoms with Gasteiger partial charge in [0.05, 0.1) is 6.42 Å². The van der Waals surface area contributed by atoms with Crippen molar-refractivity contribution >= 4 is 5.97 Å². The highest BCUT2D eigenvalue weighted by molar-refractivity contribution is 5.70. The third-order valence-electron chi connectivity index (χ3n) is 2.36. The van der Waals surface area contributed by atoms with Crippen LogP contribution >= 0.6 is 0 Å². The number of hydrogen-bond donors (Lipinski definition) is 2. The van der Waals surface area contributed by atoms with Gasteiger partial charge in [-0.05, 0) is 25.0 Å². The molecule has 17 heavy (non-hydrogen) atoms. The number of hydrogen-bond acceptors (Lipinski definition) is 2. The van der Waals surface area contributed by atoms with Crippen molar-refractivity contribution in [1.29, 1.82) is 0 Å². The third-order valence-corrected chi connectivity index (χ3v) is 2.36. The number of benzene rings is 1. The van der Waals surface area contributed by atoms with Crippen LogP contribution in [0, 0.1) is 0 Å². The van der Waals surface area contributed by atoms with Crippen LogP contribution in [0.5, 0.6) is 0 Å². The minimum absolute atomic E-state index is 0.0888. The van der Waals surface area contributed by atoms with Crippen LogP contribution in [-0.2, 0) is 17.8 Å². The largest absolute Gasteiger partial charge is 0.481 e. The minimum atomic E-state index is -0.792. The van der Waals surface area contributed by atoms with E-state index in [0.29, 0.717) is 0 Å². The van der Waals surface area contributed by atoms with Gasteiger partial charge in [-0.3, -0.25) is 4.79 Å². The Balaban J connectivity index is 2.40. The van der Waals surface area contributed by atoms with Crippen molar-refractivity contribution in [1.82, 2.24) is 5.32 Å². The van der Waals surface area contributed by atoms with E-state index in [-0.39, 0.29) is 6.42 Å². The standard InChI is InChI=1S/C14H19NO2/c1-11(2)7-8-15-10-13-5-3-12(4-6-13)9-14(16)17/h3-7,15H,8-10H2,1-2H3,(H,16,17). The zero-order valence-electron chi connectivity index (χ0n) is 10.4. The van der Waals surface area contributed by atoms with E-state index in [2.05, 4.69) is 25.2 Å². The van der Waals surface area contributed by atoms with Crippen molar-refractivity contribution in [3.05, 3.63) is 47.0 Å². The highest BCUT2D eigenvalue weighted by Crippen LogP contribution is 2.05. The van der Waals surface area contributed by atoms with Gasteiger partial charge in [0.1, 0.15) is 0 Å². The van der Waals surface area contributed by atoms with Gasteiger partial charge in [-0.1, -0.05) is 35.9 Å². The molecular weight excluding hydrogens is 214 g/mol. The van der Waals surface area contributed by atoms with Crippen molar-refractivity contribution in [3.63, 3.8) is 0 Å². The average Bonchev–Trinajstić information content (AvgIpc) is 2.25. The molecule has 0 saturated carbocycles. The van der Waals surface area contributed by atoms with Gasteiger partial charge in [-0.25, -0.2) is 0 Å². The molecule has 0 fully saturated rings. The van der Waals surface area contributed by atoms with Crippen molar-refractivity contribution in [2.24, 2.45) is 0 Å². The van der Waals surface area contributed by atoms with Crippen LogP contribution in [0.15, 0.2) is 35.9 Å². The first kappa shape index (κ1) is 13.5. The Labute approximate surface area is 102 Å². The SMILES string of the molecule is CC(C)=CCNCc1ccc(CC(=O)O)cc1. The molecule has 0 aliphatic rings. The second-order valence-corrected chi connectivity index (χ2v) is 4.30. The number of rotatable bonds is 6. The molecule has 1 rings (SSSR count). The van der Waals surface area contributed by atoms with Crippen LogP contribution in [-0.4, -0.2) is 17.6 Å². The molecule has 1 aromatic carbocycles. The maximum Gasteiger partial charge on any atom is 0.307 e. The minimum Gasteiger partial charge on any atom is -0.481 e. The number of nitrogens with one attached hydrogen (secondary N) is 1. The zero-order valence-corrected chi connectivity index (χ0v) is 10.4. The Morgan fingerprint density at radius 2 is 1.82 bits per heavy atom. The fourth-order valence-electron chi connectivity index (χ4n) is 1.44. The number of carbonyl (C=O) groups is 1. The molecule has 0 aromatic heterocycles. The molecule has 0 aliphatic carbocycles. The molecule has 0 amide bonds. The molecule has 0 saturated heterocycles. The summed E-state index contributed by atoms with van der Waals surface area (Å²) in [4.78, 5) is 10.5. The van der Waals surface area contributed by atoms with E-state index >= 15 is 0 Å². The van der Waals surface area contributed by atoms with Crippen LogP contribution in [0.2, 0.25) is 0 Å². The van der Waals surface area contributed by atoms with E-state index in [1.807, 2.05) is 24.3 Å². The summed E-state index contributed by atoms with van der Waals surface area (Å²) >= 11 is 0. The Morgan fingerprint density at radius 3 is 2.35 bits per heavy atom. The Morgan fingerprint density at radius 1 is 1.24 bits per heavy atom. The van der Waals surface area contributed by atoms with Crippen molar-refractivity contribution < 1.29 is 9.90 Å². The number of aliphatic carboxylic acids is 1. The van der Waals surface area contributed by atoms with Gasteiger partial charge in [0, 0.05) is 13.1 Å². The molecule has 0 radical (unpaired) electrons. The molecule has 2 N–H and O–H groups in total. The van der Waals surface area contributed by atoms with Gasteiger partial charge in [0.2, 0.25) is 0 Å². The lowest BCUT2D eigenvalue weighted by atomic mass is 10.1. The lowest BCUT2D eigenvalue weighted by Crippen LogP contribution is -2.13. The molecule has 0 spiro atoms. The second kappa shape index (κ2) is 6.86. The summed E-state index contributed by atoms with van der Waals surface area (Å²) in [6.07, 6.45) is 2.23. The van der Waals surface area contributed by atoms with Gasteiger partial charge in [0.25, 0.3) is 0 Å². The molecule has 0 bridgehead atoms. The van der Waals surface area contributed by atoms with E-state index in [0.717, 1.165) is 18.7 Å². The Bertz CT molecular complexity index is 389. The predicted molar refractivity (Wildman–Crippen MR) is 68.9 cm³/mol. The summed E-state index contributed by atoms with van der Waals surface area (Å²) in [5.74, 6) is -0.792. The van der Waals surface area contributed by atoms with Crippen LogP contribution in [0.1, 0.15) is 25.0 Å². The molecule has 0 unspecified atom stereocenters. The first-order valence-corrected chi connectivity index (χ1v) is 5.71. The summed E-state index contributed by atoms with van der Waals surface area (Å²) in [6.45, 7) is 5.81. The van der Waals surface area contributed by atoms with Crippen molar-refractivity contribution in [3.8, 4) is 0 Å². The van der Waals surface area contributed by atoms with E-state index < -0.39 is 5.97 Å². The van der Waals surface area contributed by atoms with Gasteiger partial charge in [-0.2, -0.15) is 0 Å². The van der Waals surface area contributed by atoms with Gasteiger partial charge in [0.15, 0.2) is 0 Å². The molecule has 0 heterocycles. The fourth-order valence-corrected chi connectivity index (χ4v) is 1.44. The fraction of sp³-hybridized carbons (Fsp3) is 0.357. The summed E-state index contributed by atoms with van der Waals surface area (Å²) in [5.41, 5.74) is 3.31. The van der Waals surface area contributed by atoms with Crippen LogP contribution in [0.3, 0.4) is 0 Å². The molecule has 0 atom stereocenters. The topological polar surface area (TPSA) is 49.3 Å². The number of allylic oxidation sites excluding steroid dienone is 1. The lowest BCUT2D eigenvalue weighted by Gasteiger charge is -2.04. The number of carboxylic acids is 1. The van der Waals surface area contributed by atoms with Crippen molar-refractivity contribution in [2.75, 3.05) is 6.54 Å². The summed E-state index contributed by atoms with van der Waals surface area (Å²) < 4.78 is 0. The molecule has 92 valence electrons. The van der Waals surface area contributed by atoms with Gasteiger partial charge in [-0.15, -0.1) is 0 Å². The highest BCUT2D eigenvalue weighted by Gasteiger charge is 1.99. The number of carboxylic acid groups (broad SMARTS) is 1. The lowest BCUT2D eigenvalue weighted by molar-refractivity contribution is -0.136. The van der Waals surface area contributed by atoms with E-state index in [1.54, 1.807) is 0 Å². The maximum atomic E-state index is 10.5. The van der Waals surface area contributed by atoms with Crippen LogP contribution in [0.25, 0.3) is 0 Å². The smallest absolute Gasteiger partial charge is 0.307 e. The predicted octanol–water partition coefficient (Wildman–Crippen LogP) is 2.37. The van der Waals surface area contributed by atoms with Gasteiger partial charge >= 0.3 is 5.97 Å². The second-order valence-electron chi connectivity index (χ2n) is 4.30. The van der Waals surface area contributed by atoms with E-state index in [9.17, 15) is 4.79 Å². The average molecular weight is 233 g/mol. The molecule has 3 heteroatoms. The normalized spacial score (nSPS) is 10.0. The monoisotopic (exact) mass is 233 g/mol. The summed E-state index contributed by atoms with van der Waals surface area (Å²) in [7, 11) is 0. The van der Waals surface area contributed by atoms with E-state index in [1.165, 1.54) is 11.1 Å². The zero-order chi connectivity index (χ0) is 12.7. The summed E-state index contributed by atoms with van der Waals surface area (Å²) in [6, 6.07) is 7.67. The molecule has 1 aromatic rings. The Hall–Kier alpha value is -1.61. The van der Waals surface area contributed by atoms with Crippen LogP contribution < -0.4 is 5.32 Å². The third kappa shape index (κ3) is 5.88. The molecule has 0 aliphatic heterocycles. The first-order valence-electron chi connectivity index (χ1n) is 5.71. The quantitative estimate of drug-likeness (QED) is 0.586. The van der Waals surface area contributed by atoms with Crippen LogP contribution in [0.4, 0.5) is 0 Å². The highest BCUT2D eigenvalue weighted by atomic mass is 16.4. The van der Waals surface area contributed by atoms with E-state index in [4.69, 9.17) is 5.11 Å². The Kier molecular flexibility index (Phi) is 5.43. The molecule has 3 nitrogen and oxygen atoms in total. The first-order chi connectivity index (χ1) is 8.08. The van der Waals surface area contributed by atoms with Crippen molar-refractivity contribution in [2.45, 2.75) is 26.8 Å². The maximum absolute atomic E-state index is 10.5. The summed E-state index contributed by atoms with van der Waals surface area (Å²) in [5, 5.41) is 11.9. The van der Waals surface area contributed by atoms with Gasteiger partial charge < -0.3 is 10.4 Å².